The molecular weight excluding hydrogens is 430 g/mol. The van der Waals surface area contributed by atoms with Crippen molar-refractivity contribution in [1.29, 1.82) is 0 Å². The molecule has 0 spiro atoms. The summed E-state index contributed by atoms with van der Waals surface area (Å²) in [6.45, 7) is 2.96. The second kappa shape index (κ2) is 9.11. The number of ether oxygens (including phenoxy) is 1. The van der Waals surface area contributed by atoms with E-state index in [4.69, 9.17) is 21.2 Å². The average molecular weight is 458 g/mol. The number of nitrogens with two attached hydrogens (primary N) is 2. The fourth-order valence-corrected chi connectivity index (χ4v) is 4.28. The Hall–Kier alpha value is -3.98. The summed E-state index contributed by atoms with van der Waals surface area (Å²) in [6, 6.07) is 16.6. The van der Waals surface area contributed by atoms with Gasteiger partial charge in [0.2, 0.25) is 5.91 Å². The van der Waals surface area contributed by atoms with Gasteiger partial charge in [-0.15, -0.1) is 0 Å². The van der Waals surface area contributed by atoms with Crippen molar-refractivity contribution in [3.8, 4) is 22.9 Å². The Morgan fingerprint density at radius 1 is 1.09 bits per heavy atom. The molecule has 2 atom stereocenters. The first-order valence-corrected chi connectivity index (χ1v) is 11.4. The fraction of sp³-hybridized carbons (Fsp3) is 0.280. The van der Waals surface area contributed by atoms with Crippen LogP contribution in [0.1, 0.15) is 25.8 Å². The molecule has 1 amide bonds. The van der Waals surface area contributed by atoms with Gasteiger partial charge in [0.1, 0.15) is 17.3 Å². The van der Waals surface area contributed by atoms with E-state index in [0.717, 1.165) is 29.9 Å². The van der Waals surface area contributed by atoms with E-state index >= 15 is 0 Å². The molecule has 1 aliphatic heterocycles. The normalized spacial score (nSPS) is 17.0. The van der Waals surface area contributed by atoms with E-state index in [2.05, 4.69) is 10.1 Å². The lowest BCUT2D eigenvalue weighted by Crippen LogP contribution is -2.47. The highest BCUT2D eigenvalue weighted by atomic mass is 16.5. The Balaban J connectivity index is 1.43. The SMILES string of the molecule is C[C@@H](N)C(=O)N1CCC[C@@H](n2ncc3c(N)nc(-c4ccc(Oc5ccccc5)cc4)nc32)C1. The van der Waals surface area contributed by atoms with Gasteiger partial charge in [-0.2, -0.15) is 5.10 Å². The lowest BCUT2D eigenvalue weighted by Gasteiger charge is -2.33. The Morgan fingerprint density at radius 3 is 2.56 bits per heavy atom. The first kappa shape index (κ1) is 21.8. The predicted molar refractivity (Wildman–Crippen MR) is 130 cm³/mol. The maximum absolute atomic E-state index is 12.4. The van der Waals surface area contributed by atoms with Crippen LogP contribution in [0.25, 0.3) is 22.4 Å². The molecule has 0 bridgehead atoms. The molecule has 0 saturated carbocycles. The number of benzene rings is 2. The third kappa shape index (κ3) is 4.29. The van der Waals surface area contributed by atoms with Gasteiger partial charge in [-0.3, -0.25) is 4.79 Å². The Labute approximate surface area is 197 Å². The smallest absolute Gasteiger partial charge is 0.239 e. The van der Waals surface area contributed by atoms with Crippen LogP contribution >= 0.6 is 0 Å². The molecule has 0 radical (unpaired) electrons. The minimum absolute atomic E-state index is 0.00208. The van der Waals surface area contributed by atoms with Crippen molar-refractivity contribution in [2.45, 2.75) is 31.8 Å². The summed E-state index contributed by atoms with van der Waals surface area (Å²) in [5.41, 5.74) is 13.6. The van der Waals surface area contributed by atoms with Crippen molar-refractivity contribution in [1.82, 2.24) is 24.6 Å². The van der Waals surface area contributed by atoms with Gasteiger partial charge in [-0.05, 0) is 56.2 Å². The first-order chi connectivity index (χ1) is 16.5. The van der Waals surface area contributed by atoms with Crippen LogP contribution in [0.3, 0.4) is 0 Å². The van der Waals surface area contributed by atoms with Gasteiger partial charge in [0, 0.05) is 18.7 Å². The zero-order valence-electron chi connectivity index (χ0n) is 19.0. The summed E-state index contributed by atoms with van der Waals surface area (Å²) < 4.78 is 7.74. The van der Waals surface area contributed by atoms with E-state index in [1.807, 2.05) is 64.2 Å². The number of likely N-dealkylation sites (tertiary alicyclic amines) is 1. The Kier molecular flexibility index (Phi) is 5.85. The number of para-hydroxylation sites is 1. The molecular formula is C25H27N7O2. The van der Waals surface area contributed by atoms with E-state index in [1.54, 1.807) is 13.1 Å². The zero-order chi connectivity index (χ0) is 23.7. The van der Waals surface area contributed by atoms with E-state index in [0.29, 0.717) is 35.8 Å². The highest BCUT2D eigenvalue weighted by molar-refractivity contribution is 5.87. The topological polar surface area (TPSA) is 125 Å². The summed E-state index contributed by atoms with van der Waals surface area (Å²) in [5.74, 6) is 2.32. The highest BCUT2D eigenvalue weighted by Crippen LogP contribution is 2.30. The fourth-order valence-electron chi connectivity index (χ4n) is 4.28. The van der Waals surface area contributed by atoms with Gasteiger partial charge in [-0.25, -0.2) is 14.6 Å². The summed E-state index contributed by atoms with van der Waals surface area (Å²) in [6.07, 6.45) is 3.46. The molecule has 9 nitrogen and oxygen atoms in total. The van der Waals surface area contributed by atoms with E-state index in [9.17, 15) is 4.79 Å². The van der Waals surface area contributed by atoms with Crippen molar-refractivity contribution >= 4 is 22.8 Å². The van der Waals surface area contributed by atoms with Crippen LogP contribution in [0.5, 0.6) is 11.5 Å². The van der Waals surface area contributed by atoms with E-state index < -0.39 is 6.04 Å². The monoisotopic (exact) mass is 457 g/mol. The lowest BCUT2D eigenvalue weighted by molar-refractivity contribution is -0.133. The molecule has 1 aliphatic rings. The van der Waals surface area contributed by atoms with Crippen LogP contribution in [0, 0.1) is 0 Å². The van der Waals surface area contributed by atoms with Crippen molar-refractivity contribution < 1.29 is 9.53 Å². The maximum atomic E-state index is 12.4. The molecule has 4 N–H and O–H groups in total. The van der Waals surface area contributed by atoms with Crippen LogP contribution in [0.2, 0.25) is 0 Å². The van der Waals surface area contributed by atoms with Crippen molar-refractivity contribution in [3.63, 3.8) is 0 Å². The number of fused-ring (bicyclic) bond motifs is 1. The molecule has 5 rings (SSSR count). The van der Waals surface area contributed by atoms with Crippen molar-refractivity contribution in [2.75, 3.05) is 18.8 Å². The van der Waals surface area contributed by atoms with Crippen LogP contribution in [-0.2, 0) is 4.79 Å². The number of hydrogen-bond donors (Lipinski definition) is 2. The van der Waals surface area contributed by atoms with Gasteiger partial charge in [0.15, 0.2) is 11.5 Å². The molecule has 0 unspecified atom stereocenters. The van der Waals surface area contributed by atoms with Crippen molar-refractivity contribution in [2.24, 2.45) is 5.73 Å². The lowest BCUT2D eigenvalue weighted by atomic mass is 10.0. The number of nitrogen functional groups attached to an aromatic ring is 1. The molecule has 9 heteroatoms. The van der Waals surface area contributed by atoms with Crippen LogP contribution in [-0.4, -0.2) is 49.7 Å². The summed E-state index contributed by atoms with van der Waals surface area (Å²) in [5, 5.41) is 5.26. The van der Waals surface area contributed by atoms with E-state index in [1.165, 1.54) is 0 Å². The van der Waals surface area contributed by atoms with E-state index in [-0.39, 0.29) is 11.9 Å². The molecule has 0 aliphatic carbocycles. The number of carbonyl (C=O) groups excluding carboxylic acids is 1. The third-order valence-corrected chi connectivity index (χ3v) is 6.02. The van der Waals surface area contributed by atoms with Crippen LogP contribution in [0.4, 0.5) is 5.82 Å². The van der Waals surface area contributed by atoms with Gasteiger partial charge in [-0.1, -0.05) is 18.2 Å². The largest absolute Gasteiger partial charge is 0.457 e. The molecule has 1 saturated heterocycles. The number of nitrogens with zero attached hydrogens (tertiary/aromatic N) is 5. The third-order valence-electron chi connectivity index (χ3n) is 6.02. The molecule has 1 fully saturated rings. The Bertz CT molecular complexity index is 1300. The standard InChI is InChI=1S/C25H27N7O2/c1-16(26)25(33)31-13-5-6-18(15-31)32-24-21(14-28-32)22(27)29-23(30-24)17-9-11-20(12-10-17)34-19-7-3-2-4-8-19/h2-4,7-12,14,16,18H,5-6,13,15,26H2,1H3,(H2,27,29,30)/t16-,18-/m1/s1. The second-order valence-electron chi connectivity index (χ2n) is 8.57. The summed E-state index contributed by atoms with van der Waals surface area (Å²) >= 11 is 0. The van der Waals surface area contributed by atoms with Crippen LogP contribution in [0.15, 0.2) is 60.8 Å². The number of anilines is 1. The Morgan fingerprint density at radius 2 is 1.82 bits per heavy atom. The number of rotatable bonds is 5. The number of hydrogen-bond acceptors (Lipinski definition) is 7. The first-order valence-electron chi connectivity index (χ1n) is 11.4. The number of carbonyl (C=O) groups is 1. The summed E-state index contributed by atoms with van der Waals surface area (Å²) in [4.78, 5) is 23.5. The number of aromatic nitrogens is 4. The predicted octanol–water partition coefficient (Wildman–Crippen LogP) is 3.38. The zero-order valence-corrected chi connectivity index (χ0v) is 19.0. The molecule has 34 heavy (non-hydrogen) atoms. The quantitative estimate of drug-likeness (QED) is 0.470. The maximum Gasteiger partial charge on any atom is 0.239 e. The minimum Gasteiger partial charge on any atom is -0.457 e. The van der Waals surface area contributed by atoms with Gasteiger partial charge in [0.05, 0.1) is 23.7 Å². The van der Waals surface area contributed by atoms with Gasteiger partial charge >= 0.3 is 0 Å². The van der Waals surface area contributed by atoms with Crippen LogP contribution < -0.4 is 16.2 Å². The molecule has 2 aromatic heterocycles. The molecule has 4 aromatic rings. The number of amides is 1. The number of piperidine rings is 1. The molecule has 174 valence electrons. The molecule has 2 aromatic carbocycles. The van der Waals surface area contributed by atoms with Gasteiger partial charge < -0.3 is 21.1 Å². The average Bonchev–Trinajstić information content (AvgIpc) is 3.29. The minimum atomic E-state index is -0.522. The van der Waals surface area contributed by atoms with Gasteiger partial charge in [0.25, 0.3) is 0 Å². The highest BCUT2D eigenvalue weighted by Gasteiger charge is 2.28. The summed E-state index contributed by atoms with van der Waals surface area (Å²) in [7, 11) is 0. The van der Waals surface area contributed by atoms with Crippen molar-refractivity contribution in [3.05, 3.63) is 60.8 Å². The second-order valence-corrected chi connectivity index (χ2v) is 8.57. The molecule has 3 heterocycles.